The van der Waals surface area contributed by atoms with E-state index in [1.54, 1.807) is 0 Å². The van der Waals surface area contributed by atoms with Gasteiger partial charge in [0.2, 0.25) is 10.0 Å². The standard InChI is InChI=1S/C15H13ClN2O2S/c1-11-3-2-4-13(7-11)10-18-21(19,20)15-6-5-12(9-17)8-14(15)16/h2-8,18H,10H2,1H3. The molecule has 108 valence electrons. The van der Waals surface area contributed by atoms with Crippen molar-refractivity contribution in [2.24, 2.45) is 0 Å². The van der Waals surface area contributed by atoms with E-state index in [1.165, 1.54) is 18.2 Å². The third kappa shape index (κ3) is 3.82. The number of nitrogens with zero attached hydrogens (tertiary/aromatic N) is 1. The summed E-state index contributed by atoms with van der Waals surface area (Å²) in [5, 5.41) is 8.79. The van der Waals surface area contributed by atoms with Crippen molar-refractivity contribution in [1.29, 1.82) is 5.26 Å². The van der Waals surface area contributed by atoms with Gasteiger partial charge in [0.05, 0.1) is 16.7 Å². The summed E-state index contributed by atoms with van der Waals surface area (Å²) in [7, 11) is -3.72. The maximum absolute atomic E-state index is 12.2. The Morgan fingerprint density at radius 1 is 1.24 bits per heavy atom. The molecule has 0 aliphatic carbocycles. The molecule has 0 amide bonds. The fourth-order valence-electron chi connectivity index (χ4n) is 1.87. The largest absolute Gasteiger partial charge is 0.242 e. The molecule has 2 rings (SSSR count). The molecule has 0 fully saturated rings. The molecule has 0 spiro atoms. The predicted molar refractivity (Wildman–Crippen MR) is 81.4 cm³/mol. The Bertz CT molecular complexity index is 811. The van der Waals surface area contributed by atoms with Crippen molar-refractivity contribution in [3.8, 4) is 6.07 Å². The minimum absolute atomic E-state index is 0.0316. The number of sulfonamides is 1. The molecular formula is C15H13ClN2O2S. The molecule has 2 aromatic carbocycles. The van der Waals surface area contributed by atoms with Crippen LogP contribution >= 0.6 is 11.6 Å². The highest BCUT2D eigenvalue weighted by Crippen LogP contribution is 2.22. The molecule has 21 heavy (non-hydrogen) atoms. The lowest BCUT2D eigenvalue weighted by atomic mass is 10.1. The number of rotatable bonds is 4. The van der Waals surface area contributed by atoms with Gasteiger partial charge in [0.15, 0.2) is 0 Å². The van der Waals surface area contributed by atoms with Gasteiger partial charge in [-0.25, -0.2) is 13.1 Å². The minimum atomic E-state index is -3.72. The second-order valence-electron chi connectivity index (χ2n) is 4.57. The van der Waals surface area contributed by atoms with E-state index in [4.69, 9.17) is 16.9 Å². The van der Waals surface area contributed by atoms with Gasteiger partial charge in [0.25, 0.3) is 0 Å². The average molecular weight is 321 g/mol. The van der Waals surface area contributed by atoms with Crippen LogP contribution in [0.25, 0.3) is 0 Å². The summed E-state index contributed by atoms with van der Waals surface area (Å²) in [6.45, 7) is 2.12. The highest BCUT2D eigenvalue weighted by atomic mass is 35.5. The molecule has 0 aliphatic heterocycles. The summed E-state index contributed by atoms with van der Waals surface area (Å²) in [5.41, 5.74) is 2.24. The number of benzene rings is 2. The Morgan fingerprint density at radius 3 is 2.62 bits per heavy atom. The Balaban J connectivity index is 2.21. The van der Waals surface area contributed by atoms with Gasteiger partial charge in [-0.2, -0.15) is 5.26 Å². The van der Waals surface area contributed by atoms with Gasteiger partial charge in [-0.05, 0) is 30.7 Å². The van der Waals surface area contributed by atoms with Gasteiger partial charge in [0, 0.05) is 6.54 Å². The second kappa shape index (κ2) is 6.27. The molecule has 0 saturated heterocycles. The number of hydrogen-bond donors (Lipinski definition) is 1. The first kappa shape index (κ1) is 15.5. The summed E-state index contributed by atoms with van der Waals surface area (Å²) in [6.07, 6.45) is 0. The van der Waals surface area contributed by atoms with Crippen molar-refractivity contribution in [3.05, 3.63) is 64.2 Å². The molecular weight excluding hydrogens is 308 g/mol. The zero-order valence-corrected chi connectivity index (χ0v) is 12.9. The molecule has 0 heterocycles. The van der Waals surface area contributed by atoms with Crippen LogP contribution in [0.3, 0.4) is 0 Å². The minimum Gasteiger partial charge on any atom is -0.207 e. The Labute approximate surface area is 129 Å². The summed E-state index contributed by atoms with van der Waals surface area (Å²) in [6, 6.07) is 13.6. The highest BCUT2D eigenvalue weighted by Gasteiger charge is 2.17. The number of nitrogens with one attached hydrogen (secondary N) is 1. The van der Waals surface area contributed by atoms with Crippen molar-refractivity contribution in [1.82, 2.24) is 4.72 Å². The van der Waals surface area contributed by atoms with Crippen molar-refractivity contribution < 1.29 is 8.42 Å². The average Bonchev–Trinajstić information content (AvgIpc) is 2.45. The summed E-state index contributed by atoms with van der Waals surface area (Å²) < 4.78 is 27.0. The van der Waals surface area contributed by atoms with E-state index in [2.05, 4.69) is 4.72 Å². The highest BCUT2D eigenvalue weighted by molar-refractivity contribution is 7.89. The number of hydrogen-bond acceptors (Lipinski definition) is 3. The maximum Gasteiger partial charge on any atom is 0.242 e. The van der Waals surface area contributed by atoms with Crippen molar-refractivity contribution >= 4 is 21.6 Å². The third-order valence-electron chi connectivity index (χ3n) is 2.90. The van der Waals surface area contributed by atoms with E-state index in [0.29, 0.717) is 5.56 Å². The molecule has 0 saturated carbocycles. The lowest BCUT2D eigenvalue weighted by Crippen LogP contribution is -2.23. The third-order valence-corrected chi connectivity index (χ3v) is 4.78. The van der Waals surface area contributed by atoms with Gasteiger partial charge >= 0.3 is 0 Å². The van der Waals surface area contributed by atoms with Crippen LogP contribution in [0.2, 0.25) is 5.02 Å². The van der Waals surface area contributed by atoms with Gasteiger partial charge < -0.3 is 0 Å². The predicted octanol–water partition coefficient (Wildman–Crippen LogP) is 3.00. The molecule has 0 aliphatic rings. The molecule has 0 atom stereocenters. The van der Waals surface area contributed by atoms with Crippen LogP contribution in [0.4, 0.5) is 0 Å². The fourth-order valence-corrected chi connectivity index (χ4v) is 3.43. The first-order chi connectivity index (χ1) is 9.92. The van der Waals surface area contributed by atoms with Crippen LogP contribution in [0, 0.1) is 18.3 Å². The summed E-state index contributed by atoms with van der Waals surface area (Å²) in [4.78, 5) is -0.0316. The quantitative estimate of drug-likeness (QED) is 0.941. The fraction of sp³-hybridized carbons (Fsp3) is 0.133. The SMILES string of the molecule is Cc1cccc(CNS(=O)(=O)c2ccc(C#N)cc2Cl)c1. The van der Waals surface area contributed by atoms with Crippen molar-refractivity contribution in [2.75, 3.05) is 0 Å². The topological polar surface area (TPSA) is 70.0 Å². The molecule has 4 nitrogen and oxygen atoms in total. The Kier molecular flexibility index (Phi) is 4.63. The van der Waals surface area contributed by atoms with Crippen LogP contribution in [0.15, 0.2) is 47.4 Å². The van der Waals surface area contributed by atoms with E-state index >= 15 is 0 Å². The van der Waals surface area contributed by atoms with Gasteiger partial charge in [-0.15, -0.1) is 0 Å². The zero-order chi connectivity index (χ0) is 15.5. The molecule has 2 aromatic rings. The van der Waals surface area contributed by atoms with Gasteiger partial charge in [-0.1, -0.05) is 41.4 Å². The molecule has 0 bridgehead atoms. The van der Waals surface area contributed by atoms with Crippen LogP contribution in [0.5, 0.6) is 0 Å². The monoisotopic (exact) mass is 320 g/mol. The molecule has 6 heteroatoms. The van der Waals surface area contributed by atoms with E-state index in [1.807, 2.05) is 37.3 Å². The van der Waals surface area contributed by atoms with Crippen molar-refractivity contribution in [3.63, 3.8) is 0 Å². The molecule has 1 N–H and O–H groups in total. The molecule has 0 unspecified atom stereocenters. The van der Waals surface area contributed by atoms with E-state index in [9.17, 15) is 8.42 Å². The van der Waals surface area contributed by atoms with E-state index in [-0.39, 0.29) is 16.5 Å². The van der Waals surface area contributed by atoms with Gasteiger partial charge in [-0.3, -0.25) is 0 Å². The summed E-state index contributed by atoms with van der Waals surface area (Å²) in [5.74, 6) is 0. The van der Waals surface area contributed by atoms with E-state index in [0.717, 1.165) is 11.1 Å². The second-order valence-corrected chi connectivity index (χ2v) is 6.71. The normalized spacial score (nSPS) is 11.1. The Morgan fingerprint density at radius 2 is 2.00 bits per heavy atom. The number of aryl methyl sites for hydroxylation is 1. The lowest BCUT2D eigenvalue weighted by molar-refractivity contribution is 0.581. The van der Waals surface area contributed by atoms with Crippen LogP contribution < -0.4 is 4.72 Å². The first-order valence-electron chi connectivity index (χ1n) is 6.17. The maximum atomic E-state index is 12.2. The van der Waals surface area contributed by atoms with Crippen LogP contribution in [-0.4, -0.2) is 8.42 Å². The molecule has 0 aromatic heterocycles. The van der Waals surface area contributed by atoms with Crippen molar-refractivity contribution in [2.45, 2.75) is 18.4 Å². The molecule has 0 radical (unpaired) electrons. The smallest absolute Gasteiger partial charge is 0.207 e. The van der Waals surface area contributed by atoms with E-state index < -0.39 is 10.0 Å². The van der Waals surface area contributed by atoms with Crippen LogP contribution in [0.1, 0.15) is 16.7 Å². The zero-order valence-electron chi connectivity index (χ0n) is 11.3. The lowest BCUT2D eigenvalue weighted by Gasteiger charge is -2.09. The summed E-state index contributed by atoms with van der Waals surface area (Å²) >= 11 is 5.93. The first-order valence-corrected chi connectivity index (χ1v) is 8.03. The number of halogens is 1. The number of nitriles is 1. The van der Waals surface area contributed by atoms with Crippen LogP contribution in [-0.2, 0) is 16.6 Å². The Hall–Kier alpha value is -1.87. The van der Waals surface area contributed by atoms with Gasteiger partial charge in [0.1, 0.15) is 4.90 Å².